The molecule has 0 fully saturated rings. The molecule has 4 N–H and O–H groups in total. The molecule has 0 spiro atoms. The lowest BCUT2D eigenvalue weighted by Gasteiger charge is -2.04. The van der Waals surface area contributed by atoms with E-state index in [0.29, 0.717) is 17.9 Å². The normalized spacial score (nSPS) is 10.9. The molecule has 3 aromatic rings. The van der Waals surface area contributed by atoms with Crippen molar-refractivity contribution in [3.63, 3.8) is 0 Å². The fourth-order valence-electron chi connectivity index (χ4n) is 2.37. The van der Waals surface area contributed by atoms with Gasteiger partial charge in [0.25, 0.3) is 5.91 Å². The summed E-state index contributed by atoms with van der Waals surface area (Å²) in [5.74, 6) is 0.181. The largest absolute Gasteiger partial charge is 0.383 e. The summed E-state index contributed by atoms with van der Waals surface area (Å²) in [6.07, 6.45) is 4.22. The van der Waals surface area contributed by atoms with Crippen molar-refractivity contribution in [3.05, 3.63) is 47.8 Å². The Kier molecular flexibility index (Phi) is 3.35. The second kappa shape index (κ2) is 5.32. The molecular weight excluding hydrogens is 266 g/mol. The topological polar surface area (TPSA) is 88.7 Å². The zero-order valence-electron chi connectivity index (χ0n) is 11.8. The molecule has 0 unspecified atom stereocenters. The maximum Gasteiger partial charge on any atom is 0.256 e. The van der Waals surface area contributed by atoms with Gasteiger partial charge in [-0.15, -0.1) is 0 Å². The van der Waals surface area contributed by atoms with Gasteiger partial charge in [0.2, 0.25) is 0 Å². The fraction of sp³-hybridized carbons (Fsp3) is 0.200. The number of nitrogens with two attached hydrogens (primary N) is 1. The highest BCUT2D eigenvalue weighted by Crippen LogP contribution is 2.17. The Bertz CT molecular complexity index is 786. The lowest BCUT2D eigenvalue weighted by atomic mass is 10.1. The lowest BCUT2D eigenvalue weighted by Crippen LogP contribution is -2.26. The zero-order valence-corrected chi connectivity index (χ0v) is 11.8. The minimum atomic E-state index is -0.194. The van der Waals surface area contributed by atoms with E-state index in [2.05, 4.69) is 21.5 Å². The molecule has 0 saturated carbocycles. The van der Waals surface area contributed by atoms with Crippen LogP contribution in [0.1, 0.15) is 15.9 Å². The monoisotopic (exact) mass is 283 g/mol. The number of hydrogen-bond acceptors (Lipinski definition) is 3. The highest BCUT2D eigenvalue weighted by molar-refractivity contribution is 5.98. The first-order valence-electron chi connectivity index (χ1n) is 6.77. The molecular formula is C15H17N5O. The van der Waals surface area contributed by atoms with Gasteiger partial charge in [-0.2, -0.15) is 5.10 Å². The summed E-state index contributed by atoms with van der Waals surface area (Å²) < 4.78 is 1.48. The Hall–Kier alpha value is -2.76. The van der Waals surface area contributed by atoms with Crippen LogP contribution in [0.3, 0.4) is 0 Å². The van der Waals surface area contributed by atoms with Crippen molar-refractivity contribution in [3.8, 4) is 0 Å². The van der Waals surface area contributed by atoms with E-state index in [-0.39, 0.29) is 5.91 Å². The van der Waals surface area contributed by atoms with E-state index in [0.717, 1.165) is 11.9 Å². The molecule has 0 aliphatic heterocycles. The van der Waals surface area contributed by atoms with Crippen LogP contribution in [0.2, 0.25) is 0 Å². The Balaban J connectivity index is 1.64. The number of aromatic amines is 1. The number of nitrogen functional groups attached to an aromatic ring is 1. The molecule has 21 heavy (non-hydrogen) atoms. The smallest absolute Gasteiger partial charge is 0.256 e. The number of benzene rings is 1. The van der Waals surface area contributed by atoms with Crippen molar-refractivity contribution in [1.29, 1.82) is 0 Å². The molecule has 6 nitrogen and oxygen atoms in total. The van der Waals surface area contributed by atoms with E-state index < -0.39 is 0 Å². The van der Waals surface area contributed by atoms with Crippen LogP contribution in [-0.4, -0.2) is 27.2 Å². The van der Waals surface area contributed by atoms with Crippen LogP contribution in [0.25, 0.3) is 10.9 Å². The summed E-state index contributed by atoms with van der Waals surface area (Å²) in [5, 5.41) is 8.02. The van der Waals surface area contributed by atoms with Crippen LogP contribution in [0, 0.1) is 0 Å². The van der Waals surface area contributed by atoms with E-state index in [1.807, 2.05) is 24.4 Å². The number of nitrogens with zero attached hydrogens (tertiary/aromatic N) is 2. The van der Waals surface area contributed by atoms with Gasteiger partial charge in [0.15, 0.2) is 0 Å². The summed E-state index contributed by atoms with van der Waals surface area (Å²) >= 11 is 0. The molecule has 3 rings (SSSR count). The van der Waals surface area contributed by atoms with E-state index in [4.69, 9.17) is 5.73 Å². The maximum atomic E-state index is 12.0. The number of fused-ring (bicyclic) bond motifs is 1. The van der Waals surface area contributed by atoms with E-state index >= 15 is 0 Å². The summed E-state index contributed by atoms with van der Waals surface area (Å²) in [5.41, 5.74) is 8.48. The van der Waals surface area contributed by atoms with Gasteiger partial charge < -0.3 is 16.0 Å². The Labute approximate surface area is 121 Å². The number of carbonyl (C=O) groups excluding carboxylic acids is 1. The number of aryl methyl sites for hydroxylation is 1. The Morgan fingerprint density at radius 1 is 1.43 bits per heavy atom. The third-order valence-electron chi connectivity index (χ3n) is 3.58. The molecule has 6 heteroatoms. The maximum absolute atomic E-state index is 12.0. The molecule has 0 radical (unpaired) electrons. The number of carbonyl (C=O) groups is 1. The van der Waals surface area contributed by atoms with Gasteiger partial charge in [0, 0.05) is 30.7 Å². The van der Waals surface area contributed by atoms with Crippen molar-refractivity contribution >= 4 is 22.6 Å². The molecule has 0 aliphatic carbocycles. The number of nitrogens with one attached hydrogen (secondary N) is 2. The molecule has 0 atom stereocenters. The third-order valence-corrected chi connectivity index (χ3v) is 3.58. The van der Waals surface area contributed by atoms with Crippen LogP contribution < -0.4 is 11.1 Å². The minimum Gasteiger partial charge on any atom is -0.383 e. The number of rotatable bonds is 4. The standard InChI is InChI=1S/C15H17N5O/c1-20-14(16)12(9-19-20)15(21)17-7-6-10-8-18-13-5-3-2-4-11(10)13/h2-5,8-9,18H,6-7,16H2,1H3,(H,17,21). The van der Waals surface area contributed by atoms with Crippen molar-refractivity contribution in [2.24, 2.45) is 7.05 Å². The van der Waals surface area contributed by atoms with Crippen molar-refractivity contribution in [2.75, 3.05) is 12.3 Å². The SMILES string of the molecule is Cn1ncc(C(=O)NCCc2c[nH]c3ccccc23)c1N. The van der Waals surface area contributed by atoms with Gasteiger partial charge >= 0.3 is 0 Å². The van der Waals surface area contributed by atoms with Crippen LogP contribution >= 0.6 is 0 Å². The van der Waals surface area contributed by atoms with Gasteiger partial charge in [-0.05, 0) is 18.1 Å². The van der Waals surface area contributed by atoms with Gasteiger partial charge in [0.1, 0.15) is 11.4 Å². The van der Waals surface area contributed by atoms with Gasteiger partial charge in [-0.3, -0.25) is 9.48 Å². The first-order chi connectivity index (χ1) is 10.2. The van der Waals surface area contributed by atoms with Gasteiger partial charge in [-0.1, -0.05) is 18.2 Å². The summed E-state index contributed by atoms with van der Waals surface area (Å²) in [6, 6.07) is 8.11. The third kappa shape index (κ3) is 2.47. The van der Waals surface area contributed by atoms with Gasteiger partial charge in [0.05, 0.1) is 6.20 Å². The van der Waals surface area contributed by atoms with Crippen LogP contribution in [0.4, 0.5) is 5.82 Å². The molecule has 0 saturated heterocycles. The summed E-state index contributed by atoms with van der Waals surface area (Å²) in [6.45, 7) is 0.551. The van der Waals surface area contributed by atoms with Crippen molar-refractivity contribution in [2.45, 2.75) is 6.42 Å². The predicted molar refractivity (Wildman–Crippen MR) is 82.0 cm³/mol. The average molecular weight is 283 g/mol. The second-order valence-corrected chi connectivity index (χ2v) is 4.93. The Morgan fingerprint density at radius 2 is 2.24 bits per heavy atom. The van der Waals surface area contributed by atoms with Crippen molar-refractivity contribution in [1.82, 2.24) is 20.1 Å². The van der Waals surface area contributed by atoms with E-state index in [1.165, 1.54) is 21.8 Å². The molecule has 1 amide bonds. The lowest BCUT2D eigenvalue weighted by molar-refractivity contribution is 0.0955. The number of hydrogen-bond donors (Lipinski definition) is 3. The van der Waals surface area contributed by atoms with E-state index in [1.54, 1.807) is 7.05 Å². The average Bonchev–Trinajstić information content (AvgIpc) is 3.04. The van der Waals surface area contributed by atoms with Gasteiger partial charge in [-0.25, -0.2) is 0 Å². The zero-order chi connectivity index (χ0) is 14.8. The first-order valence-corrected chi connectivity index (χ1v) is 6.77. The molecule has 0 bridgehead atoms. The quantitative estimate of drug-likeness (QED) is 0.677. The predicted octanol–water partition coefficient (Wildman–Crippen LogP) is 1.46. The van der Waals surface area contributed by atoms with Crippen molar-refractivity contribution < 1.29 is 4.79 Å². The van der Waals surface area contributed by atoms with Crippen LogP contribution in [0.5, 0.6) is 0 Å². The number of anilines is 1. The number of amides is 1. The second-order valence-electron chi connectivity index (χ2n) is 4.93. The molecule has 2 aromatic heterocycles. The fourth-order valence-corrected chi connectivity index (χ4v) is 2.37. The summed E-state index contributed by atoms with van der Waals surface area (Å²) in [4.78, 5) is 15.2. The Morgan fingerprint density at radius 3 is 3.00 bits per heavy atom. The number of aromatic nitrogens is 3. The highest BCUT2D eigenvalue weighted by atomic mass is 16.1. The number of H-pyrrole nitrogens is 1. The number of para-hydroxylation sites is 1. The highest BCUT2D eigenvalue weighted by Gasteiger charge is 2.13. The minimum absolute atomic E-state index is 0.194. The van der Waals surface area contributed by atoms with E-state index in [9.17, 15) is 4.79 Å². The first kappa shape index (κ1) is 13.2. The molecule has 2 heterocycles. The summed E-state index contributed by atoms with van der Waals surface area (Å²) in [7, 11) is 1.71. The molecule has 1 aromatic carbocycles. The molecule has 108 valence electrons. The molecule has 0 aliphatic rings. The van der Waals surface area contributed by atoms with Crippen LogP contribution in [-0.2, 0) is 13.5 Å². The van der Waals surface area contributed by atoms with Crippen LogP contribution in [0.15, 0.2) is 36.7 Å².